The van der Waals surface area contributed by atoms with Gasteiger partial charge in [0.2, 0.25) is 11.6 Å². The largest absolute Gasteiger partial charge is 0.505 e. The van der Waals surface area contributed by atoms with Crippen molar-refractivity contribution in [2.24, 2.45) is 0 Å². The minimum atomic E-state index is -4.59. The molecule has 62 heavy (non-hydrogen) atoms. The zero-order valence-electron chi connectivity index (χ0n) is 32.6. The van der Waals surface area contributed by atoms with Crippen LogP contribution in [0.2, 0.25) is 5.02 Å². The Hall–Kier alpha value is -5.67. The monoisotopic (exact) mass is 944 g/mol. The summed E-state index contributed by atoms with van der Waals surface area (Å²) in [6.45, 7) is 4.49. The summed E-state index contributed by atoms with van der Waals surface area (Å²) >= 11 is 21.0. The van der Waals surface area contributed by atoms with Gasteiger partial charge < -0.3 is 52.3 Å². The van der Waals surface area contributed by atoms with Gasteiger partial charge >= 0.3 is 6.18 Å². The highest BCUT2D eigenvalue weighted by atomic mass is 35.5. The number of unbranched alkanes of at least 4 members (excludes halogenated alkanes) is 2. The number of phenols is 3. The van der Waals surface area contributed by atoms with Gasteiger partial charge in [-0.2, -0.15) is 22.0 Å². The molecule has 0 heterocycles. The van der Waals surface area contributed by atoms with Crippen LogP contribution in [0.4, 0.5) is 59.2 Å². The molecule has 0 aliphatic carbocycles. The lowest BCUT2D eigenvalue weighted by atomic mass is 10.1. The lowest BCUT2D eigenvalue weighted by Gasteiger charge is -2.16. The highest BCUT2D eigenvalue weighted by Gasteiger charge is 2.33. The van der Waals surface area contributed by atoms with Crippen LogP contribution in [0.25, 0.3) is 0 Å². The number of nitrogens with one attached hydrogen (secondary N) is 6. The molecule has 0 radical (unpaired) electrons. The third kappa shape index (κ3) is 15.7. The van der Waals surface area contributed by atoms with Crippen molar-refractivity contribution in [1.82, 2.24) is 5.32 Å². The molecule has 0 aliphatic rings. The highest BCUT2D eigenvalue weighted by molar-refractivity contribution is 7.81. The Morgan fingerprint density at radius 1 is 0.629 bits per heavy atom. The Balaban J connectivity index is 0.000000249. The van der Waals surface area contributed by atoms with Crippen molar-refractivity contribution in [2.75, 3.05) is 33.1 Å². The van der Waals surface area contributed by atoms with Crippen molar-refractivity contribution in [2.45, 2.75) is 45.4 Å². The van der Waals surface area contributed by atoms with Crippen LogP contribution in [0.3, 0.4) is 0 Å². The SMILES string of the molecule is CCCCCNC(=S)Nc1cc(Cl)cc(C(C)O)c1O.Oc1c(NC(=S)Nc2ccccc2)ccc(F)c1F.Oc1c(NC(=S)Nc2ccccc2C(F)(F)F)ccc(F)c1F. The molecule has 10 N–H and O–H groups in total. The van der Waals surface area contributed by atoms with Crippen LogP contribution in [0.5, 0.6) is 17.2 Å². The number of anilines is 5. The van der Waals surface area contributed by atoms with Crippen molar-refractivity contribution >= 4 is 92.0 Å². The number of hydrogen-bond donors (Lipinski definition) is 10. The summed E-state index contributed by atoms with van der Waals surface area (Å²) in [4.78, 5) is 0. The maximum atomic E-state index is 13.2. The van der Waals surface area contributed by atoms with E-state index < -0.39 is 52.6 Å². The van der Waals surface area contributed by atoms with Gasteiger partial charge in [-0.3, -0.25) is 0 Å². The van der Waals surface area contributed by atoms with Gasteiger partial charge in [0.05, 0.1) is 34.4 Å². The van der Waals surface area contributed by atoms with E-state index in [-0.39, 0.29) is 33.0 Å². The predicted molar refractivity (Wildman–Crippen MR) is 241 cm³/mol. The van der Waals surface area contributed by atoms with E-state index in [0.29, 0.717) is 21.4 Å². The van der Waals surface area contributed by atoms with Crippen LogP contribution in [-0.2, 0) is 6.18 Å². The summed E-state index contributed by atoms with van der Waals surface area (Å²) in [5.41, 5.74) is -0.0614. The number of hydrogen-bond acceptors (Lipinski definition) is 7. The first-order valence-corrected chi connectivity index (χ1v) is 19.8. The van der Waals surface area contributed by atoms with E-state index in [2.05, 4.69) is 38.8 Å². The number of para-hydroxylation sites is 2. The number of benzene rings is 5. The molecule has 10 nitrogen and oxygen atoms in total. The predicted octanol–water partition coefficient (Wildman–Crippen LogP) is 11.6. The summed E-state index contributed by atoms with van der Waals surface area (Å²) in [5.74, 6) is -7.07. The van der Waals surface area contributed by atoms with Gasteiger partial charge in [-0.25, -0.2) is 8.78 Å². The Kier molecular flexibility index (Phi) is 19.7. The van der Waals surface area contributed by atoms with E-state index in [0.717, 1.165) is 61.8 Å². The smallest absolute Gasteiger partial charge is 0.418 e. The van der Waals surface area contributed by atoms with E-state index in [4.69, 9.17) is 48.3 Å². The van der Waals surface area contributed by atoms with Crippen molar-refractivity contribution in [3.05, 3.63) is 130 Å². The molecule has 1 atom stereocenters. The van der Waals surface area contributed by atoms with Gasteiger partial charge in [-0.05, 0) is 111 Å². The number of thiocarbonyl (C=S) groups is 3. The third-order valence-corrected chi connectivity index (χ3v) is 8.89. The summed E-state index contributed by atoms with van der Waals surface area (Å²) in [6, 6.07) is 20.6. The molecule has 0 amide bonds. The number of aliphatic hydroxyl groups excluding tert-OH is 1. The number of halogens is 8. The second-order valence-corrected chi connectivity index (χ2v) is 14.4. The molecule has 0 fully saturated rings. The summed E-state index contributed by atoms with van der Waals surface area (Å²) in [5, 5.41) is 55.2. The Morgan fingerprint density at radius 3 is 1.66 bits per heavy atom. The van der Waals surface area contributed by atoms with Crippen molar-refractivity contribution in [3.8, 4) is 17.2 Å². The van der Waals surface area contributed by atoms with Crippen LogP contribution in [0, 0.1) is 23.3 Å². The fourth-order valence-corrected chi connectivity index (χ4v) is 5.87. The normalized spacial score (nSPS) is 11.1. The van der Waals surface area contributed by atoms with Crippen LogP contribution in [0.15, 0.2) is 91.0 Å². The first-order chi connectivity index (χ1) is 29.2. The average molecular weight is 945 g/mol. The fourth-order valence-electron chi connectivity index (χ4n) is 4.98. The highest BCUT2D eigenvalue weighted by Crippen LogP contribution is 2.36. The first kappa shape index (κ1) is 50.7. The molecular weight excluding hydrogens is 905 g/mol. The summed E-state index contributed by atoms with van der Waals surface area (Å²) < 4.78 is 90.6. The molecule has 5 rings (SSSR count). The number of phenolic OH excluding ortho intramolecular Hbond substituents is 3. The minimum absolute atomic E-state index is 0.00710. The maximum absolute atomic E-state index is 13.2. The zero-order chi connectivity index (χ0) is 46.1. The van der Waals surface area contributed by atoms with E-state index in [1.54, 1.807) is 25.1 Å². The van der Waals surface area contributed by atoms with Gasteiger partial charge in [-0.1, -0.05) is 61.7 Å². The molecule has 21 heteroatoms. The first-order valence-electron chi connectivity index (χ1n) is 18.2. The van der Waals surface area contributed by atoms with Gasteiger partial charge in [-0.15, -0.1) is 0 Å². The van der Waals surface area contributed by atoms with Gasteiger partial charge in [0.1, 0.15) is 5.75 Å². The second-order valence-electron chi connectivity index (χ2n) is 12.7. The summed E-state index contributed by atoms with van der Waals surface area (Å²) in [6.07, 6.45) is -2.07. The van der Waals surface area contributed by atoms with Crippen LogP contribution >= 0.6 is 48.3 Å². The van der Waals surface area contributed by atoms with Crippen molar-refractivity contribution in [3.63, 3.8) is 0 Å². The topological polar surface area (TPSA) is 153 Å². The summed E-state index contributed by atoms with van der Waals surface area (Å²) in [7, 11) is 0. The lowest BCUT2D eigenvalue weighted by Crippen LogP contribution is -2.29. The molecular formula is C41H40ClF7N6O4S3. The van der Waals surface area contributed by atoms with Gasteiger partial charge in [0.15, 0.2) is 38.5 Å². The average Bonchev–Trinajstić information content (AvgIpc) is 3.22. The van der Waals surface area contributed by atoms with E-state index in [9.17, 15) is 51.2 Å². The standard InChI is InChI=1S/C14H21ClN2O2S.C14H9F5N2OS.C13H10F2N2OS/c1-3-4-5-6-16-14(20)17-12-8-10(15)7-11(9(2)18)13(12)19;15-8-5-6-10(12(22)11(8)16)21-13(23)20-9-4-2-1-3-7(9)14(17,18)19;14-9-6-7-10(12(18)11(9)15)17-13(19)16-8-4-2-1-3-5-8/h7-9,18-19H,3-6H2,1-2H3,(H2,16,17,20);1-6,22H,(H2,20,21,23);1-7,18H,(H2,16,17,19). The van der Waals surface area contributed by atoms with E-state index >= 15 is 0 Å². The van der Waals surface area contributed by atoms with Gasteiger partial charge in [0, 0.05) is 22.8 Å². The molecule has 0 aliphatic heterocycles. The molecule has 0 bridgehead atoms. The lowest BCUT2D eigenvalue weighted by molar-refractivity contribution is -0.136. The van der Waals surface area contributed by atoms with E-state index in [1.165, 1.54) is 24.3 Å². The van der Waals surface area contributed by atoms with Gasteiger partial charge in [0.25, 0.3) is 0 Å². The molecule has 5 aromatic carbocycles. The zero-order valence-corrected chi connectivity index (χ0v) is 35.8. The number of aromatic hydroxyl groups is 3. The second kappa shape index (κ2) is 24.1. The Labute approximate surface area is 373 Å². The molecule has 0 spiro atoms. The van der Waals surface area contributed by atoms with Crippen molar-refractivity contribution in [1.29, 1.82) is 0 Å². The third-order valence-electron chi connectivity index (χ3n) is 8.02. The molecule has 332 valence electrons. The molecule has 0 aromatic heterocycles. The quantitative estimate of drug-likeness (QED) is 0.0280. The number of aliphatic hydroxyl groups is 1. The molecule has 1 unspecified atom stereocenters. The Bertz CT molecular complexity index is 2330. The molecule has 5 aromatic rings. The minimum Gasteiger partial charge on any atom is -0.505 e. The van der Waals surface area contributed by atoms with Crippen LogP contribution < -0.4 is 31.9 Å². The molecule has 0 saturated carbocycles. The van der Waals surface area contributed by atoms with Crippen molar-refractivity contribution < 1.29 is 51.2 Å². The maximum Gasteiger partial charge on any atom is 0.418 e. The van der Waals surface area contributed by atoms with Crippen LogP contribution in [0.1, 0.15) is 50.3 Å². The van der Waals surface area contributed by atoms with E-state index in [1.807, 2.05) is 18.2 Å². The number of rotatable bonds is 10. The Morgan fingerprint density at radius 2 is 1.13 bits per heavy atom. The fraction of sp³-hybridized carbons (Fsp3) is 0.195. The van der Waals surface area contributed by atoms with Crippen LogP contribution in [-0.4, -0.2) is 42.3 Å². The molecule has 0 saturated heterocycles. The number of alkyl halides is 3.